The van der Waals surface area contributed by atoms with E-state index in [1.165, 1.54) is 11.1 Å². The van der Waals surface area contributed by atoms with Crippen molar-refractivity contribution in [3.05, 3.63) is 71.8 Å². The first-order valence-electron chi connectivity index (χ1n) is 7.84. The summed E-state index contributed by atoms with van der Waals surface area (Å²) in [6.45, 7) is 10.1. The van der Waals surface area contributed by atoms with E-state index in [4.69, 9.17) is 0 Å². The third kappa shape index (κ3) is 4.18. The Morgan fingerprint density at radius 2 is 1.38 bits per heavy atom. The standard InChI is InChI=1S/C20H27N/c1-16(2)19(17-11-7-5-8-12-17)21-15-20(3,4)18-13-9-6-10-14-18/h5-14,16,19,21H,15H2,1-4H3. The molecule has 0 saturated heterocycles. The molecule has 0 aliphatic rings. The number of nitrogens with one attached hydrogen (secondary N) is 1. The summed E-state index contributed by atoms with van der Waals surface area (Å²) in [5.74, 6) is 0.568. The third-order valence-electron chi connectivity index (χ3n) is 4.14. The van der Waals surface area contributed by atoms with Gasteiger partial charge in [-0.25, -0.2) is 0 Å². The maximum Gasteiger partial charge on any atom is 0.0343 e. The lowest BCUT2D eigenvalue weighted by atomic mass is 9.83. The highest BCUT2D eigenvalue weighted by Crippen LogP contribution is 2.26. The van der Waals surface area contributed by atoms with Gasteiger partial charge in [0.25, 0.3) is 0 Å². The Hall–Kier alpha value is -1.60. The average Bonchev–Trinajstić information content (AvgIpc) is 2.49. The van der Waals surface area contributed by atoms with Gasteiger partial charge in [-0.05, 0) is 17.0 Å². The summed E-state index contributed by atoms with van der Waals surface area (Å²) in [4.78, 5) is 0. The molecule has 1 N–H and O–H groups in total. The molecule has 0 bridgehead atoms. The van der Waals surface area contributed by atoms with Crippen molar-refractivity contribution in [3.8, 4) is 0 Å². The van der Waals surface area contributed by atoms with Crippen LogP contribution in [-0.4, -0.2) is 6.54 Å². The Labute approximate surface area is 129 Å². The topological polar surface area (TPSA) is 12.0 Å². The van der Waals surface area contributed by atoms with Gasteiger partial charge in [0.1, 0.15) is 0 Å². The van der Waals surface area contributed by atoms with Gasteiger partial charge in [-0.3, -0.25) is 0 Å². The summed E-state index contributed by atoms with van der Waals surface area (Å²) >= 11 is 0. The van der Waals surface area contributed by atoms with Crippen molar-refractivity contribution in [2.24, 2.45) is 5.92 Å². The second-order valence-electron chi connectivity index (χ2n) is 6.76. The molecule has 0 fully saturated rings. The summed E-state index contributed by atoms with van der Waals surface area (Å²) in [7, 11) is 0. The van der Waals surface area contributed by atoms with Gasteiger partial charge >= 0.3 is 0 Å². The molecular weight excluding hydrogens is 254 g/mol. The minimum absolute atomic E-state index is 0.128. The molecule has 0 heterocycles. The van der Waals surface area contributed by atoms with Crippen LogP contribution in [0.3, 0.4) is 0 Å². The highest BCUT2D eigenvalue weighted by molar-refractivity contribution is 5.25. The molecule has 0 radical (unpaired) electrons. The molecule has 1 atom stereocenters. The average molecular weight is 281 g/mol. The lowest BCUT2D eigenvalue weighted by Crippen LogP contribution is -2.37. The number of benzene rings is 2. The zero-order valence-electron chi connectivity index (χ0n) is 13.6. The van der Waals surface area contributed by atoms with E-state index in [0.29, 0.717) is 12.0 Å². The monoisotopic (exact) mass is 281 g/mol. The Morgan fingerprint density at radius 1 is 0.857 bits per heavy atom. The predicted octanol–water partition coefficient (Wildman–Crippen LogP) is 4.95. The first-order valence-corrected chi connectivity index (χ1v) is 7.84. The van der Waals surface area contributed by atoms with Crippen LogP contribution in [0.1, 0.15) is 44.9 Å². The van der Waals surface area contributed by atoms with Crippen LogP contribution in [0.2, 0.25) is 0 Å². The molecule has 1 nitrogen and oxygen atoms in total. The Morgan fingerprint density at radius 3 is 1.90 bits per heavy atom. The van der Waals surface area contributed by atoms with Gasteiger partial charge in [0.2, 0.25) is 0 Å². The zero-order chi connectivity index (χ0) is 15.3. The van der Waals surface area contributed by atoms with Crippen LogP contribution in [0.5, 0.6) is 0 Å². The summed E-state index contributed by atoms with van der Waals surface area (Å²) < 4.78 is 0. The first-order chi connectivity index (χ1) is 10.0. The second kappa shape index (κ2) is 6.91. The number of hydrogen-bond donors (Lipinski definition) is 1. The van der Waals surface area contributed by atoms with Crippen LogP contribution in [0.15, 0.2) is 60.7 Å². The third-order valence-corrected chi connectivity index (χ3v) is 4.14. The van der Waals surface area contributed by atoms with E-state index in [1.54, 1.807) is 0 Å². The van der Waals surface area contributed by atoms with Gasteiger partial charge in [0.05, 0.1) is 0 Å². The van der Waals surface area contributed by atoms with Crippen LogP contribution in [0.25, 0.3) is 0 Å². The van der Waals surface area contributed by atoms with Crippen LogP contribution >= 0.6 is 0 Å². The van der Waals surface area contributed by atoms with Crippen molar-refractivity contribution in [3.63, 3.8) is 0 Å². The van der Waals surface area contributed by atoms with Gasteiger partial charge in [-0.2, -0.15) is 0 Å². The van der Waals surface area contributed by atoms with E-state index < -0.39 is 0 Å². The summed E-state index contributed by atoms with van der Waals surface area (Å²) in [6.07, 6.45) is 0. The van der Waals surface area contributed by atoms with Crippen molar-refractivity contribution in [1.82, 2.24) is 5.32 Å². The molecule has 2 aromatic carbocycles. The molecule has 112 valence electrons. The first kappa shape index (κ1) is 15.8. The van der Waals surface area contributed by atoms with E-state index in [1.807, 2.05) is 0 Å². The molecule has 2 rings (SSSR count). The van der Waals surface area contributed by atoms with Gasteiger partial charge < -0.3 is 5.32 Å². The molecule has 0 saturated carbocycles. The molecule has 1 unspecified atom stereocenters. The predicted molar refractivity (Wildman–Crippen MR) is 91.5 cm³/mol. The zero-order valence-corrected chi connectivity index (χ0v) is 13.6. The van der Waals surface area contributed by atoms with E-state index in [9.17, 15) is 0 Å². The molecule has 0 aromatic heterocycles. The SMILES string of the molecule is CC(C)C(NCC(C)(C)c1ccccc1)c1ccccc1. The van der Waals surface area contributed by atoms with Crippen molar-refractivity contribution in [2.45, 2.75) is 39.2 Å². The van der Waals surface area contributed by atoms with Gasteiger partial charge in [0.15, 0.2) is 0 Å². The van der Waals surface area contributed by atoms with Crippen molar-refractivity contribution >= 4 is 0 Å². The van der Waals surface area contributed by atoms with E-state index in [-0.39, 0.29) is 5.41 Å². The maximum absolute atomic E-state index is 3.77. The Bertz CT molecular complexity index is 528. The van der Waals surface area contributed by atoms with Crippen LogP contribution < -0.4 is 5.32 Å². The second-order valence-corrected chi connectivity index (χ2v) is 6.76. The molecule has 0 spiro atoms. The lowest BCUT2D eigenvalue weighted by molar-refractivity contribution is 0.362. The van der Waals surface area contributed by atoms with Crippen LogP contribution in [0, 0.1) is 5.92 Å². The highest BCUT2D eigenvalue weighted by atomic mass is 14.9. The molecule has 1 heteroatoms. The normalized spacial score (nSPS) is 13.4. The van der Waals surface area contributed by atoms with Crippen LogP contribution in [0.4, 0.5) is 0 Å². The molecule has 0 aliphatic carbocycles. The maximum atomic E-state index is 3.77. The summed E-state index contributed by atoms with van der Waals surface area (Å²) in [6, 6.07) is 21.9. The summed E-state index contributed by atoms with van der Waals surface area (Å²) in [5, 5.41) is 3.77. The van der Waals surface area contributed by atoms with Gasteiger partial charge in [0, 0.05) is 18.0 Å². The van der Waals surface area contributed by atoms with Crippen molar-refractivity contribution in [2.75, 3.05) is 6.54 Å². The number of hydrogen-bond acceptors (Lipinski definition) is 1. The summed E-state index contributed by atoms with van der Waals surface area (Å²) in [5.41, 5.74) is 2.88. The molecule has 0 aliphatic heterocycles. The molecule has 2 aromatic rings. The molecular formula is C20H27N. The lowest BCUT2D eigenvalue weighted by Gasteiger charge is -2.31. The highest BCUT2D eigenvalue weighted by Gasteiger charge is 2.23. The largest absolute Gasteiger partial charge is 0.309 e. The van der Waals surface area contributed by atoms with Crippen molar-refractivity contribution < 1.29 is 0 Å². The fourth-order valence-electron chi connectivity index (χ4n) is 2.76. The van der Waals surface area contributed by atoms with E-state index in [2.05, 4.69) is 93.7 Å². The fourth-order valence-corrected chi connectivity index (χ4v) is 2.76. The van der Waals surface area contributed by atoms with Crippen molar-refractivity contribution in [1.29, 1.82) is 0 Å². The minimum atomic E-state index is 0.128. The minimum Gasteiger partial charge on any atom is -0.309 e. The Balaban J connectivity index is 2.09. The van der Waals surface area contributed by atoms with Crippen LogP contribution in [-0.2, 0) is 5.41 Å². The Kier molecular flexibility index (Phi) is 5.19. The van der Waals surface area contributed by atoms with E-state index >= 15 is 0 Å². The molecule has 21 heavy (non-hydrogen) atoms. The smallest absolute Gasteiger partial charge is 0.0343 e. The molecule has 0 amide bonds. The van der Waals surface area contributed by atoms with Gasteiger partial charge in [-0.1, -0.05) is 88.4 Å². The quantitative estimate of drug-likeness (QED) is 0.790. The van der Waals surface area contributed by atoms with Gasteiger partial charge in [-0.15, -0.1) is 0 Å². The fraction of sp³-hybridized carbons (Fsp3) is 0.400. The number of rotatable bonds is 6. The van der Waals surface area contributed by atoms with E-state index in [0.717, 1.165) is 6.54 Å².